The van der Waals surface area contributed by atoms with Gasteiger partial charge < -0.3 is 4.90 Å². The molecule has 1 rings (SSSR count). The Hall–Kier alpha value is -0.770. The lowest BCUT2D eigenvalue weighted by Crippen LogP contribution is -2.29. The average Bonchev–Trinajstić information content (AvgIpc) is 2.30. The number of carbonyl (C=O) groups excluding carboxylic acids is 2. The highest BCUT2D eigenvalue weighted by Gasteiger charge is 2.31. The predicted molar refractivity (Wildman–Crippen MR) is 48.8 cm³/mol. The second-order valence-corrected chi connectivity index (χ2v) is 3.51. The number of hydrogen-bond acceptors (Lipinski definition) is 3. The van der Waals surface area contributed by atoms with Gasteiger partial charge in [0.1, 0.15) is 5.78 Å². The van der Waals surface area contributed by atoms with Crippen molar-refractivity contribution in [2.45, 2.75) is 20.3 Å². The first-order chi connectivity index (χ1) is 5.52. The molecule has 1 aliphatic rings. The quantitative estimate of drug-likeness (QED) is 0.566. The monoisotopic (exact) mass is 185 g/mol. The second kappa shape index (κ2) is 3.31. The Kier molecular flexibility index (Phi) is 2.57. The third-order valence-corrected chi connectivity index (χ3v) is 2.47. The fourth-order valence-electron chi connectivity index (χ4n) is 1.28. The van der Waals surface area contributed by atoms with Crippen molar-refractivity contribution >= 4 is 28.9 Å². The van der Waals surface area contributed by atoms with E-state index in [-0.39, 0.29) is 17.6 Å². The van der Waals surface area contributed by atoms with Gasteiger partial charge >= 0.3 is 0 Å². The van der Waals surface area contributed by atoms with Gasteiger partial charge in [0.05, 0.1) is 4.99 Å². The molecule has 1 saturated heterocycles. The van der Waals surface area contributed by atoms with Gasteiger partial charge in [-0.25, -0.2) is 0 Å². The van der Waals surface area contributed by atoms with Crippen LogP contribution in [0.15, 0.2) is 0 Å². The fraction of sp³-hybridized carbons (Fsp3) is 0.625. The zero-order chi connectivity index (χ0) is 9.30. The van der Waals surface area contributed by atoms with Gasteiger partial charge in [0.2, 0.25) is 5.91 Å². The van der Waals surface area contributed by atoms with Crippen molar-refractivity contribution in [1.29, 1.82) is 0 Å². The van der Waals surface area contributed by atoms with Crippen LogP contribution in [0.5, 0.6) is 0 Å². The Bertz CT molecular complexity index is 249. The van der Waals surface area contributed by atoms with E-state index in [0.29, 0.717) is 18.0 Å². The van der Waals surface area contributed by atoms with E-state index >= 15 is 0 Å². The number of ketones is 1. The second-order valence-electron chi connectivity index (χ2n) is 3.04. The summed E-state index contributed by atoms with van der Waals surface area (Å²) in [6.45, 7) is 3.48. The van der Waals surface area contributed by atoms with Gasteiger partial charge in [-0.2, -0.15) is 0 Å². The Morgan fingerprint density at radius 2 is 2.08 bits per heavy atom. The maximum atomic E-state index is 11.0. The zero-order valence-corrected chi connectivity index (χ0v) is 7.98. The summed E-state index contributed by atoms with van der Waals surface area (Å²) in [7, 11) is 0. The highest BCUT2D eigenvalue weighted by Crippen LogP contribution is 2.19. The van der Waals surface area contributed by atoms with Crippen LogP contribution in [0, 0.1) is 5.92 Å². The molecule has 0 aromatic rings. The van der Waals surface area contributed by atoms with E-state index in [0.717, 1.165) is 0 Å². The summed E-state index contributed by atoms with van der Waals surface area (Å²) in [6, 6.07) is 0. The van der Waals surface area contributed by atoms with Gasteiger partial charge in [0.15, 0.2) is 0 Å². The maximum Gasteiger partial charge on any atom is 0.224 e. The fourth-order valence-corrected chi connectivity index (χ4v) is 1.69. The van der Waals surface area contributed by atoms with Crippen molar-refractivity contribution in [1.82, 2.24) is 4.90 Å². The zero-order valence-electron chi connectivity index (χ0n) is 7.16. The summed E-state index contributed by atoms with van der Waals surface area (Å²) in [4.78, 5) is 24.0. The lowest BCUT2D eigenvalue weighted by atomic mass is 10.1. The van der Waals surface area contributed by atoms with Gasteiger partial charge in [0, 0.05) is 25.8 Å². The van der Waals surface area contributed by atoms with Crippen molar-refractivity contribution in [2.24, 2.45) is 5.92 Å². The topological polar surface area (TPSA) is 37.4 Å². The molecule has 66 valence electrons. The molecule has 1 aliphatic heterocycles. The molecular weight excluding hydrogens is 174 g/mol. The van der Waals surface area contributed by atoms with Gasteiger partial charge in [-0.1, -0.05) is 12.2 Å². The van der Waals surface area contributed by atoms with Gasteiger partial charge in [-0.3, -0.25) is 9.59 Å². The molecule has 0 N–H and O–H groups in total. The Morgan fingerprint density at radius 1 is 1.50 bits per heavy atom. The first-order valence-electron chi connectivity index (χ1n) is 3.83. The van der Waals surface area contributed by atoms with Crippen molar-refractivity contribution < 1.29 is 9.59 Å². The lowest BCUT2D eigenvalue weighted by molar-refractivity contribution is -0.125. The summed E-state index contributed by atoms with van der Waals surface area (Å²) in [5, 5.41) is 0. The van der Waals surface area contributed by atoms with Crippen molar-refractivity contribution in [2.75, 3.05) is 6.54 Å². The van der Waals surface area contributed by atoms with Crippen LogP contribution < -0.4 is 0 Å². The number of Topliss-reactive ketones (excluding diaryl/α,β-unsaturated/α-hetero) is 1. The lowest BCUT2D eigenvalue weighted by Gasteiger charge is -2.12. The minimum Gasteiger partial charge on any atom is -0.306 e. The third kappa shape index (κ3) is 1.69. The van der Waals surface area contributed by atoms with E-state index in [1.165, 1.54) is 18.7 Å². The van der Waals surface area contributed by atoms with E-state index < -0.39 is 0 Å². The number of hydrogen-bond donors (Lipinski definition) is 0. The van der Waals surface area contributed by atoms with Crippen LogP contribution in [-0.4, -0.2) is 28.1 Å². The van der Waals surface area contributed by atoms with E-state index in [4.69, 9.17) is 12.2 Å². The molecule has 0 bridgehead atoms. The number of amides is 1. The third-order valence-electron chi connectivity index (χ3n) is 2.08. The number of thiocarbonyl (C=S) groups is 1. The Morgan fingerprint density at radius 3 is 2.33 bits per heavy atom. The first kappa shape index (κ1) is 9.32. The van der Waals surface area contributed by atoms with Crippen LogP contribution in [0.4, 0.5) is 0 Å². The van der Waals surface area contributed by atoms with Crippen LogP contribution in [0.3, 0.4) is 0 Å². The van der Waals surface area contributed by atoms with E-state index in [2.05, 4.69) is 0 Å². The van der Waals surface area contributed by atoms with Crippen LogP contribution in [0.2, 0.25) is 0 Å². The summed E-state index contributed by atoms with van der Waals surface area (Å²) >= 11 is 4.97. The Labute approximate surface area is 76.7 Å². The molecule has 1 fully saturated rings. The predicted octanol–water partition coefficient (Wildman–Crippen LogP) is 0.771. The summed E-state index contributed by atoms with van der Waals surface area (Å²) in [5.41, 5.74) is 0. The molecule has 0 unspecified atom stereocenters. The number of rotatable bonds is 1. The highest BCUT2D eigenvalue weighted by molar-refractivity contribution is 7.80. The molecule has 1 atom stereocenters. The standard InChI is InChI=1S/C8H11NO2S/c1-5(10)7-3-8(12)9(4-7)6(2)11/h7H,3-4H2,1-2H3/t7-/m1/s1. The van der Waals surface area contributed by atoms with Crippen molar-refractivity contribution in [3.63, 3.8) is 0 Å². The minimum absolute atomic E-state index is 0.0660. The van der Waals surface area contributed by atoms with Crippen LogP contribution >= 0.6 is 12.2 Å². The molecule has 0 aliphatic carbocycles. The molecular formula is C8H11NO2S. The molecule has 1 amide bonds. The molecule has 0 radical (unpaired) electrons. The molecule has 12 heavy (non-hydrogen) atoms. The maximum absolute atomic E-state index is 11.0. The van der Waals surface area contributed by atoms with Gasteiger partial charge in [-0.15, -0.1) is 0 Å². The molecule has 0 aromatic carbocycles. The number of likely N-dealkylation sites (tertiary alicyclic amines) is 1. The number of nitrogens with zero attached hydrogens (tertiary/aromatic N) is 1. The minimum atomic E-state index is -0.0681. The largest absolute Gasteiger partial charge is 0.306 e. The van der Waals surface area contributed by atoms with Crippen molar-refractivity contribution in [3.05, 3.63) is 0 Å². The SMILES string of the molecule is CC(=O)[C@@H]1CC(=S)N(C(C)=O)C1. The first-order valence-corrected chi connectivity index (χ1v) is 4.24. The summed E-state index contributed by atoms with van der Waals surface area (Å²) in [5.74, 6) is -0.0220. The van der Waals surface area contributed by atoms with Crippen LogP contribution in [-0.2, 0) is 9.59 Å². The Balaban J connectivity index is 2.68. The van der Waals surface area contributed by atoms with E-state index in [1.807, 2.05) is 0 Å². The molecule has 0 saturated carbocycles. The van der Waals surface area contributed by atoms with E-state index in [1.54, 1.807) is 0 Å². The van der Waals surface area contributed by atoms with Gasteiger partial charge in [-0.05, 0) is 6.92 Å². The molecule has 4 heteroatoms. The average molecular weight is 185 g/mol. The van der Waals surface area contributed by atoms with Crippen LogP contribution in [0.25, 0.3) is 0 Å². The van der Waals surface area contributed by atoms with E-state index in [9.17, 15) is 9.59 Å². The smallest absolute Gasteiger partial charge is 0.224 e. The summed E-state index contributed by atoms with van der Waals surface area (Å²) < 4.78 is 0. The van der Waals surface area contributed by atoms with Crippen LogP contribution in [0.1, 0.15) is 20.3 Å². The number of carbonyl (C=O) groups is 2. The van der Waals surface area contributed by atoms with Crippen molar-refractivity contribution in [3.8, 4) is 0 Å². The highest BCUT2D eigenvalue weighted by atomic mass is 32.1. The van der Waals surface area contributed by atoms with Gasteiger partial charge in [0.25, 0.3) is 0 Å². The molecule has 0 aromatic heterocycles. The normalized spacial score (nSPS) is 23.0. The molecule has 3 nitrogen and oxygen atoms in total. The molecule has 1 heterocycles. The molecule has 0 spiro atoms. The summed E-state index contributed by atoms with van der Waals surface area (Å²) in [6.07, 6.45) is 0.560.